The monoisotopic (exact) mass is 428 g/mol. The van der Waals surface area contributed by atoms with Gasteiger partial charge in [-0.25, -0.2) is 8.42 Å². The Morgan fingerprint density at radius 1 is 1.03 bits per heavy atom. The summed E-state index contributed by atoms with van der Waals surface area (Å²) in [5.74, 6) is 0.0195. The number of carbonyl (C=O) groups excluding carboxylic acids is 1. The highest BCUT2D eigenvalue weighted by molar-refractivity contribution is 8.16. The summed E-state index contributed by atoms with van der Waals surface area (Å²) >= 11 is 1.42. The van der Waals surface area contributed by atoms with Crippen LogP contribution in [0.4, 0.5) is 5.69 Å². The number of amidine groups is 1. The van der Waals surface area contributed by atoms with Crippen LogP contribution >= 0.6 is 11.8 Å². The molecule has 2 aliphatic rings. The van der Waals surface area contributed by atoms with E-state index in [0.29, 0.717) is 5.17 Å². The summed E-state index contributed by atoms with van der Waals surface area (Å²) in [4.78, 5) is 19.0. The third kappa shape index (κ3) is 4.41. The van der Waals surface area contributed by atoms with E-state index in [4.69, 9.17) is 0 Å². The quantitative estimate of drug-likeness (QED) is 0.749. The summed E-state index contributed by atoms with van der Waals surface area (Å²) in [5.41, 5.74) is 5.17. The Morgan fingerprint density at radius 3 is 2.34 bits per heavy atom. The number of fused-ring (bicyclic) bond motifs is 1. The molecule has 2 heterocycles. The SMILES string of the molecule is Cc1ccc(CC(=O)N=C2S[C@H]3CS(=O)(=O)C[C@H]3N2c2cc(C)cc(C)c2)cc1. The molecular weight excluding hydrogens is 404 g/mol. The molecule has 2 aliphatic heterocycles. The van der Waals surface area contributed by atoms with E-state index < -0.39 is 9.84 Å². The van der Waals surface area contributed by atoms with Crippen LogP contribution in [-0.2, 0) is 21.1 Å². The van der Waals surface area contributed by atoms with Crippen LogP contribution < -0.4 is 4.90 Å². The lowest BCUT2D eigenvalue weighted by Crippen LogP contribution is -2.37. The number of aryl methyl sites for hydroxylation is 3. The lowest BCUT2D eigenvalue weighted by atomic mass is 10.1. The zero-order valence-corrected chi connectivity index (χ0v) is 18.4. The smallest absolute Gasteiger partial charge is 0.252 e. The highest BCUT2D eigenvalue weighted by Gasteiger charge is 2.49. The highest BCUT2D eigenvalue weighted by Crippen LogP contribution is 2.41. The van der Waals surface area contributed by atoms with Crippen LogP contribution in [-0.4, -0.2) is 42.3 Å². The summed E-state index contributed by atoms with van der Waals surface area (Å²) in [7, 11) is -3.07. The number of hydrogen-bond acceptors (Lipinski definition) is 4. The molecule has 2 aromatic carbocycles. The molecule has 7 heteroatoms. The Hall–Kier alpha value is -2.12. The molecule has 0 saturated carbocycles. The molecular formula is C22H24N2O3S2. The molecule has 0 unspecified atom stereocenters. The van der Waals surface area contributed by atoms with E-state index in [1.54, 1.807) is 0 Å². The van der Waals surface area contributed by atoms with Crippen LogP contribution in [0.2, 0.25) is 0 Å². The lowest BCUT2D eigenvalue weighted by Gasteiger charge is -2.25. The fourth-order valence-electron chi connectivity index (χ4n) is 3.98. The van der Waals surface area contributed by atoms with E-state index in [2.05, 4.69) is 11.1 Å². The van der Waals surface area contributed by atoms with Gasteiger partial charge in [0.1, 0.15) is 0 Å². The van der Waals surface area contributed by atoms with Gasteiger partial charge >= 0.3 is 0 Å². The third-order valence-electron chi connectivity index (χ3n) is 5.25. The first kappa shape index (κ1) is 20.2. The minimum absolute atomic E-state index is 0.0910. The van der Waals surface area contributed by atoms with E-state index in [-0.39, 0.29) is 35.1 Å². The van der Waals surface area contributed by atoms with Gasteiger partial charge in [0, 0.05) is 10.9 Å². The molecule has 1 amide bonds. The molecule has 2 aromatic rings. The number of sulfone groups is 1. The average Bonchev–Trinajstić information content (AvgIpc) is 3.06. The van der Waals surface area contributed by atoms with Crippen LogP contribution in [0.1, 0.15) is 22.3 Å². The molecule has 5 nitrogen and oxygen atoms in total. The van der Waals surface area contributed by atoms with Crippen LogP contribution in [0.5, 0.6) is 0 Å². The van der Waals surface area contributed by atoms with Crippen molar-refractivity contribution >= 4 is 38.4 Å². The molecule has 4 rings (SSSR count). The van der Waals surface area contributed by atoms with Gasteiger partial charge in [0.2, 0.25) is 0 Å². The largest absolute Gasteiger partial charge is 0.316 e. The van der Waals surface area contributed by atoms with Gasteiger partial charge in [-0.1, -0.05) is 47.7 Å². The van der Waals surface area contributed by atoms with Crippen molar-refractivity contribution in [3.05, 3.63) is 64.7 Å². The first-order valence-corrected chi connectivity index (χ1v) is 12.3. The van der Waals surface area contributed by atoms with Crippen LogP contribution in [0.25, 0.3) is 0 Å². The molecule has 0 aliphatic carbocycles. The predicted molar refractivity (Wildman–Crippen MR) is 120 cm³/mol. The lowest BCUT2D eigenvalue weighted by molar-refractivity contribution is -0.117. The minimum atomic E-state index is -3.07. The third-order valence-corrected chi connectivity index (χ3v) is 8.46. The Morgan fingerprint density at radius 2 is 1.69 bits per heavy atom. The fourth-order valence-corrected chi connectivity index (χ4v) is 7.91. The Balaban J connectivity index is 1.66. The Labute approximate surface area is 176 Å². The highest BCUT2D eigenvalue weighted by atomic mass is 32.2. The van der Waals surface area contributed by atoms with Crippen molar-refractivity contribution in [2.75, 3.05) is 16.4 Å². The standard InChI is InChI=1S/C22H24N2O3S2/c1-14-4-6-17(7-5-14)11-21(25)23-22-24(18-9-15(2)8-16(3)10-18)19-12-29(26,27)13-20(19)28-22/h4-10,19-20H,11-13H2,1-3H3/t19-,20+/m1/s1. The molecule has 0 spiro atoms. The van der Waals surface area contributed by atoms with E-state index in [1.807, 2.05) is 62.1 Å². The van der Waals surface area contributed by atoms with E-state index >= 15 is 0 Å². The van der Waals surface area contributed by atoms with Gasteiger partial charge in [0.05, 0.1) is 24.0 Å². The average molecular weight is 429 g/mol. The number of carbonyl (C=O) groups is 1. The number of benzene rings is 2. The van der Waals surface area contributed by atoms with Crippen LogP contribution in [0.15, 0.2) is 47.5 Å². The van der Waals surface area contributed by atoms with Gasteiger partial charge in [-0.05, 0) is 49.6 Å². The maximum atomic E-state index is 12.7. The molecule has 2 fully saturated rings. The number of aliphatic imine (C=N–C) groups is 1. The maximum absolute atomic E-state index is 12.7. The summed E-state index contributed by atoms with van der Waals surface area (Å²) < 4.78 is 24.4. The predicted octanol–water partition coefficient (Wildman–Crippen LogP) is 3.46. The van der Waals surface area contributed by atoms with E-state index in [9.17, 15) is 13.2 Å². The zero-order valence-electron chi connectivity index (χ0n) is 16.8. The number of amides is 1. The van der Waals surface area contributed by atoms with Crippen molar-refractivity contribution in [1.82, 2.24) is 0 Å². The van der Waals surface area contributed by atoms with Crippen molar-refractivity contribution in [1.29, 1.82) is 0 Å². The van der Waals surface area contributed by atoms with Crippen molar-refractivity contribution in [2.24, 2.45) is 4.99 Å². The zero-order chi connectivity index (χ0) is 20.8. The van der Waals surface area contributed by atoms with Crippen molar-refractivity contribution in [3.8, 4) is 0 Å². The van der Waals surface area contributed by atoms with Crippen molar-refractivity contribution < 1.29 is 13.2 Å². The molecule has 0 bridgehead atoms. The van der Waals surface area contributed by atoms with Crippen molar-refractivity contribution in [2.45, 2.75) is 38.5 Å². The number of hydrogen-bond donors (Lipinski definition) is 0. The number of nitrogens with zero attached hydrogens (tertiary/aromatic N) is 2. The molecule has 0 aromatic heterocycles. The molecule has 0 radical (unpaired) electrons. The van der Waals surface area contributed by atoms with Crippen LogP contribution in [0.3, 0.4) is 0 Å². The van der Waals surface area contributed by atoms with Crippen molar-refractivity contribution in [3.63, 3.8) is 0 Å². The first-order valence-electron chi connectivity index (χ1n) is 9.62. The van der Waals surface area contributed by atoms with Gasteiger partial charge in [-0.15, -0.1) is 0 Å². The summed E-state index contributed by atoms with van der Waals surface area (Å²) in [6.07, 6.45) is 0.235. The second-order valence-electron chi connectivity index (χ2n) is 7.97. The van der Waals surface area contributed by atoms with Gasteiger partial charge in [0.15, 0.2) is 15.0 Å². The van der Waals surface area contributed by atoms with Gasteiger partial charge < -0.3 is 4.90 Å². The first-order chi connectivity index (χ1) is 13.7. The maximum Gasteiger partial charge on any atom is 0.252 e. The van der Waals surface area contributed by atoms with E-state index in [1.165, 1.54) is 11.8 Å². The summed E-state index contributed by atoms with van der Waals surface area (Å²) in [6.45, 7) is 6.04. The van der Waals surface area contributed by atoms with E-state index in [0.717, 1.165) is 27.9 Å². The summed E-state index contributed by atoms with van der Waals surface area (Å²) in [6, 6.07) is 13.8. The van der Waals surface area contributed by atoms with Gasteiger partial charge in [0.25, 0.3) is 5.91 Å². The molecule has 2 saturated heterocycles. The molecule has 152 valence electrons. The summed E-state index contributed by atoms with van der Waals surface area (Å²) in [5, 5.41) is 0.517. The number of thioether (sulfide) groups is 1. The fraction of sp³-hybridized carbons (Fsp3) is 0.364. The van der Waals surface area contributed by atoms with Gasteiger partial charge in [-0.2, -0.15) is 4.99 Å². The number of anilines is 1. The molecule has 2 atom stereocenters. The topological polar surface area (TPSA) is 66.8 Å². The molecule has 29 heavy (non-hydrogen) atoms. The Kier molecular flexibility index (Phi) is 5.29. The molecule has 0 N–H and O–H groups in total. The second kappa shape index (κ2) is 7.61. The minimum Gasteiger partial charge on any atom is -0.316 e. The van der Waals surface area contributed by atoms with Crippen LogP contribution in [0, 0.1) is 20.8 Å². The Bertz CT molecular complexity index is 1070. The number of rotatable bonds is 3. The van der Waals surface area contributed by atoms with Gasteiger partial charge in [-0.3, -0.25) is 4.79 Å². The normalized spacial score (nSPS) is 24.1. The second-order valence-corrected chi connectivity index (χ2v) is 11.3.